The van der Waals surface area contributed by atoms with Gasteiger partial charge in [-0.15, -0.1) is 0 Å². The number of aromatic nitrogens is 1. The fourth-order valence-corrected chi connectivity index (χ4v) is 3.80. The Morgan fingerprint density at radius 1 is 1.16 bits per heavy atom. The topological polar surface area (TPSA) is 42.4 Å². The van der Waals surface area contributed by atoms with Crippen molar-refractivity contribution in [2.45, 2.75) is 26.7 Å². The van der Waals surface area contributed by atoms with Crippen molar-refractivity contribution in [1.29, 1.82) is 0 Å². The second-order valence-corrected chi connectivity index (χ2v) is 7.68. The second-order valence-electron chi connectivity index (χ2n) is 7.68. The standard InChI is InChI=1S/C22H19NO2/c1-22(2)8-7-14-10-16-19(25-20(14)12-22)11-18(24)15-9-13-5-3-4-6-17(13)23-21(15)16/h3-9,11,24H,10,12H2,1-2H3. The van der Waals surface area contributed by atoms with Gasteiger partial charge in [-0.1, -0.05) is 44.2 Å². The smallest absolute Gasteiger partial charge is 0.136 e. The third kappa shape index (κ3) is 2.23. The quantitative estimate of drug-likeness (QED) is 0.571. The van der Waals surface area contributed by atoms with Crippen LogP contribution in [0.5, 0.6) is 11.5 Å². The summed E-state index contributed by atoms with van der Waals surface area (Å²) in [6, 6.07) is 11.7. The highest BCUT2D eigenvalue weighted by Crippen LogP contribution is 2.44. The lowest BCUT2D eigenvalue weighted by Gasteiger charge is -2.31. The molecule has 25 heavy (non-hydrogen) atoms. The van der Waals surface area contributed by atoms with E-state index < -0.39 is 0 Å². The van der Waals surface area contributed by atoms with Crippen molar-refractivity contribution in [3.63, 3.8) is 0 Å². The molecule has 0 fully saturated rings. The van der Waals surface area contributed by atoms with Crippen molar-refractivity contribution in [2.75, 3.05) is 0 Å². The van der Waals surface area contributed by atoms with E-state index in [1.807, 2.05) is 30.3 Å². The minimum absolute atomic E-state index is 0.101. The van der Waals surface area contributed by atoms with E-state index in [1.165, 1.54) is 5.57 Å². The summed E-state index contributed by atoms with van der Waals surface area (Å²) >= 11 is 0. The minimum Gasteiger partial charge on any atom is -0.507 e. The number of rotatable bonds is 0. The lowest BCUT2D eigenvalue weighted by molar-refractivity contribution is 0.320. The van der Waals surface area contributed by atoms with Crippen LogP contribution in [-0.4, -0.2) is 10.1 Å². The van der Waals surface area contributed by atoms with Gasteiger partial charge in [0.1, 0.15) is 17.3 Å². The maximum atomic E-state index is 10.5. The van der Waals surface area contributed by atoms with Crippen LogP contribution in [-0.2, 0) is 6.42 Å². The Balaban J connectivity index is 1.73. The third-order valence-corrected chi connectivity index (χ3v) is 5.16. The molecule has 0 saturated carbocycles. The van der Waals surface area contributed by atoms with E-state index in [1.54, 1.807) is 6.07 Å². The monoisotopic (exact) mass is 329 g/mol. The van der Waals surface area contributed by atoms with E-state index in [9.17, 15) is 5.11 Å². The average Bonchev–Trinajstić information content (AvgIpc) is 2.58. The molecular weight excluding hydrogens is 310 g/mol. The second kappa shape index (κ2) is 4.85. The number of benzene rings is 2. The SMILES string of the molecule is CC1(C)C=CC2=C(C1)Oc1cc(O)c3cc4ccccc4nc3c1C2. The number of fused-ring (bicyclic) bond motifs is 4. The van der Waals surface area contributed by atoms with Gasteiger partial charge in [0.05, 0.1) is 11.0 Å². The maximum Gasteiger partial charge on any atom is 0.136 e. The van der Waals surface area contributed by atoms with Gasteiger partial charge in [0, 0.05) is 35.2 Å². The Bertz CT molecular complexity index is 1110. The fourth-order valence-electron chi connectivity index (χ4n) is 3.80. The first-order valence-electron chi connectivity index (χ1n) is 8.64. The van der Waals surface area contributed by atoms with Gasteiger partial charge in [-0.2, -0.15) is 0 Å². The molecule has 1 aromatic heterocycles. The molecule has 3 nitrogen and oxygen atoms in total. The molecule has 0 saturated heterocycles. The number of phenolic OH excluding ortho intramolecular Hbond substituents is 1. The highest BCUT2D eigenvalue weighted by Gasteiger charge is 2.29. The van der Waals surface area contributed by atoms with Crippen molar-refractivity contribution >= 4 is 21.8 Å². The highest BCUT2D eigenvalue weighted by molar-refractivity contribution is 5.98. The predicted molar refractivity (Wildman–Crippen MR) is 99.8 cm³/mol. The summed E-state index contributed by atoms with van der Waals surface area (Å²) in [4.78, 5) is 4.83. The summed E-state index contributed by atoms with van der Waals surface area (Å²) in [6.07, 6.45) is 6.11. The van der Waals surface area contributed by atoms with Gasteiger partial charge in [-0.25, -0.2) is 4.98 Å². The highest BCUT2D eigenvalue weighted by atomic mass is 16.5. The molecule has 1 aliphatic heterocycles. The van der Waals surface area contributed by atoms with Gasteiger partial charge < -0.3 is 9.84 Å². The Morgan fingerprint density at radius 3 is 2.88 bits per heavy atom. The summed E-state index contributed by atoms with van der Waals surface area (Å²) in [5.74, 6) is 1.97. The molecule has 5 rings (SSSR count). The predicted octanol–water partition coefficient (Wildman–Crippen LogP) is 5.27. The maximum absolute atomic E-state index is 10.5. The third-order valence-electron chi connectivity index (χ3n) is 5.16. The first-order valence-corrected chi connectivity index (χ1v) is 8.64. The molecule has 0 atom stereocenters. The molecule has 0 radical (unpaired) electrons. The molecule has 3 aromatic rings. The van der Waals surface area contributed by atoms with Gasteiger partial charge in [0.25, 0.3) is 0 Å². The summed E-state index contributed by atoms with van der Waals surface area (Å²) < 4.78 is 6.20. The zero-order chi connectivity index (χ0) is 17.2. The molecule has 0 unspecified atom stereocenters. The van der Waals surface area contributed by atoms with Gasteiger partial charge in [0.2, 0.25) is 0 Å². The average molecular weight is 329 g/mol. The van der Waals surface area contributed by atoms with Gasteiger partial charge in [-0.05, 0) is 23.1 Å². The number of para-hydroxylation sites is 1. The first kappa shape index (κ1) is 14.5. The fraction of sp³-hybridized carbons (Fsp3) is 0.227. The van der Waals surface area contributed by atoms with Crippen LogP contribution in [0, 0.1) is 5.41 Å². The van der Waals surface area contributed by atoms with Crippen LogP contribution in [0.25, 0.3) is 21.8 Å². The van der Waals surface area contributed by atoms with E-state index in [0.29, 0.717) is 0 Å². The molecule has 1 aliphatic carbocycles. The number of hydrogen-bond donors (Lipinski definition) is 1. The van der Waals surface area contributed by atoms with Crippen molar-refractivity contribution in [3.8, 4) is 11.5 Å². The summed E-state index contributed by atoms with van der Waals surface area (Å²) in [6.45, 7) is 4.41. The van der Waals surface area contributed by atoms with Crippen molar-refractivity contribution < 1.29 is 9.84 Å². The largest absolute Gasteiger partial charge is 0.507 e. The van der Waals surface area contributed by atoms with E-state index in [4.69, 9.17) is 9.72 Å². The molecular formula is C22H19NO2. The molecule has 2 aromatic carbocycles. The lowest BCUT2D eigenvalue weighted by atomic mass is 9.80. The number of phenols is 1. The first-order chi connectivity index (χ1) is 12.0. The van der Waals surface area contributed by atoms with Crippen LogP contribution < -0.4 is 4.74 Å². The van der Waals surface area contributed by atoms with Gasteiger partial charge >= 0.3 is 0 Å². The minimum atomic E-state index is 0.101. The van der Waals surface area contributed by atoms with E-state index in [-0.39, 0.29) is 11.2 Å². The summed E-state index contributed by atoms with van der Waals surface area (Å²) in [7, 11) is 0. The Hall–Kier alpha value is -2.81. The van der Waals surface area contributed by atoms with Crippen LogP contribution in [0.1, 0.15) is 25.8 Å². The van der Waals surface area contributed by atoms with Crippen molar-refractivity contribution in [2.24, 2.45) is 5.41 Å². The van der Waals surface area contributed by atoms with Crippen molar-refractivity contribution in [3.05, 3.63) is 65.4 Å². The Labute approximate surface area is 146 Å². The van der Waals surface area contributed by atoms with Crippen LogP contribution >= 0.6 is 0 Å². The summed E-state index contributed by atoms with van der Waals surface area (Å²) in [5.41, 5.74) is 4.14. The van der Waals surface area contributed by atoms with E-state index in [0.717, 1.165) is 51.7 Å². The number of allylic oxidation sites excluding steroid dienone is 4. The molecule has 1 N–H and O–H groups in total. The number of hydrogen-bond acceptors (Lipinski definition) is 3. The van der Waals surface area contributed by atoms with Crippen LogP contribution in [0.4, 0.5) is 0 Å². The molecule has 0 amide bonds. The van der Waals surface area contributed by atoms with E-state index in [2.05, 4.69) is 26.0 Å². The molecule has 0 bridgehead atoms. The Kier molecular flexibility index (Phi) is 2.82. The number of nitrogens with zero attached hydrogens (tertiary/aromatic N) is 1. The molecule has 2 heterocycles. The van der Waals surface area contributed by atoms with Gasteiger partial charge in [-0.3, -0.25) is 0 Å². The van der Waals surface area contributed by atoms with Crippen LogP contribution in [0.2, 0.25) is 0 Å². The molecule has 2 aliphatic rings. The van der Waals surface area contributed by atoms with Gasteiger partial charge in [0.15, 0.2) is 0 Å². The molecule has 3 heteroatoms. The number of ether oxygens (including phenoxy) is 1. The van der Waals surface area contributed by atoms with Crippen LogP contribution in [0.3, 0.4) is 0 Å². The van der Waals surface area contributed by atoms with Crippen LogP contribution in [0.15, 0.2) is 59.9 Å². The van der Waals surface area contributed by atoms with Crippen molar-refractivity contribution in [1.82, 2.24) is 4.98 Å². The number of pyridine rings is 1. The normalized spacial score (nSPS) is 18.2. The number of aromatic hydroxyl groups is 1. The summed E-state index contributed by atoms with van der Waals surface area (Å²) in [5, 5.41) is 12.3. The Morgan fingerprint density at radius 2 is 2.00 bits per heavy atom. The lowest BCUT2D eigenvalue weighted by Crippen LogP contribution is -2.20. The zero-order valence-electron chi connectivity index (χ0n) is 14.3. The van der Waals surface area contributed by atoms with E-state index >= 15 is 0 Å². The molecule has 0 spiro atoms. The zero-order valence-corrected chi connectivity index (χ0v) is 14.3. The molecule has 124 valence electrons.